The second kappa shape index (κ2) is 6.18. The predicted molar refractivity (Wildman–Crippen MR) is 84.6 cm³/mol. The molecule has 0 amide bonds. The quantitative estimate of drug-likeness (QED) is 0.922. The molecule has 0 aliphatic carbocycles. The van der Waals surface area contributed by atoms with Crippen LogP contribution >= 0.6 is 0 Å². The third-order valence-corrected chi connectivity index (χ3v) is 4.35. The molecule has 4 nitrogen and oxygen atoms in total. The lowest BCUT2D eigenvalue weighted by atomic mass is 10.1. The minimum Gasteiger partial charge on any atom is -0.496 e. The molecule has 2 aromatic carbocycles. The number of para-hydroxylation sites is 1. The summed E-state index contributed by atoms with van der Waals surface area (Å²) >= 11 is 0. The van der Waals surface area contributed by atoms with Gasteiger partial charge >= 0.3 is 0 Å². The Morgan fingerprint density at radius 1 is 1.14 bits per heavy atom. The minimum atomic E-state index is -3.26. The summed E-state index contributed by atoms with van der Waals surface area (Å²) in [5, 5.41) is 3.18. The third-order valence-electron chi connectivity index (χ3n) is 3.19. The van der Waals surface area contributed by atoms with Crippen LogP contribution < -0.4 is 10.1 Å². The van der Waals surface area contributed by atoms with E-state index in [0.29, 0.717) is 17.1 Å². The zero-order chi connectivity index (χ0) is 15.5. The van der Waals surface area contributed by atoms with Gasteiger partial charge in [-0.25, -0.2) is 8.42 Å². The van der Waals surface area contributed by atoms with Gasteiger partial charge in [-0.15, -0.1) is 0 Å². The van der Waals surface area contributed by atoms with Crippen molar-refractivity contribution < 1.29 is 13.2 Å². The number of sulfone groups is 1. The van der Waals surface area contributed by atoms with Crippen LogP contribution in [0.5, 0.6) is 5.75 Å². The fourth-order valence-corrected chi connectivity index (χ4v) is 3.04. The highest BCUT2D eigenvalue weighted by atomic mass is 32.2. The first-order valence-electron chi connectivity index (χ1n) is 6.58. The maximum Gasteiger partial charge on any atom is 0.177 e. The topological polar surface area (TPSA) is 55.4 Å². The summed E-state index contributed by atoms with van der Waals surface area (Å²) in [5.41, 5.74) is 2.72. The van der Waals surface area contributed by atoms with Gasteiger partial charge in [0.05, 0.1) is 17.7 Å². The Hall–Kier alpha value is -2.01. The van der Waals surface area contributed by atoms with Gasteiger partial charge in [-0.3, -0.25) is 0 Å². The Kier molecular flexibility index (Phi) is 4.53. The number of ether oxygens (including phenoxy) is 1. The zero-order valence-corrected chi connectivity index (χ0v) is 13.2. The Balaban J connectivity index is 2.27. The van der Waals surface area contributed by atoms with E-state index in [0.717, 1.165) is 16.9 Å². The Morgan fingerprint density at radius 3 is 2.52 bits per heavy atom. The van der Waals surface area contributed by atoms with Crippen molar-refractivity contribution in [3.8, 4) is 5.75 Å². The fraction of sp³-hybridized carbons (Fsp3) is 0.250. The number of anilines is 1. The predicted octanol–water partition coefficient (Wildman–Crippen LogP) is 3.02. The lowest BCUT2D eigenvalue weighted by Crippen LogP contribution is -2.07. The average Bonchev–Trinajstić information content (AvgIpc) is 2.44. The van der Waals surface area contributed by atoms with Crippen molar-refractivity contribution in [1.82, 2.24) is 0 Å². The summed E-state index contributed by atoms with van der Waals surface area (Å²) < 4.78 is 28.9. The highest BCUT2D eigenvalue weighted by molar-refractivity contribution is 7.90. The van der Waals surface area contributed by atoms with E-state index >= 15 is 0 Å². The van der Waals surface area contributed by atoms with Crippen LogP contribution in [0.1, 0.15) is 11.1 Å². The van der Waals surface area contributed by atoms with Crippen LogP contribution in [0.25, 0.3) is 0 Å². The van der Waals surface area contributed by atoms with Crippen LogP contribution in [0.15, 0.2) is 47.4 Å². The molecule has 0 saturated carbocycles. The number of methoxy groups -OCH3 is 1. The lowest BCUT2D eigenvalue weighted by Gasteiger charge is -2.13. The van der Waals surface area contributed by atoms with E-state index in [1.165, 1.54) is 6.26 Å². The molecule has 0 aliphatic heterocycles. The molecule has 0 radical (unpaired) electrons. The molecule has 21 heavy (non-hydrogen) atoms. The van der Waals surface area contributed by atoms with Crippen molar-refractivity contribution in [3.63, 3.8) is 0 Å². The third kappa shape index (κ3) is 3.76. The van der Waals surface area contributed by atoms with Crippen LogP contribution in [0.4, 0.5) is 5.69 Å². The van der Waals surface area contributed by atoms with Crippen LogP contribution in [0.3, 0.4) is 0 Å². The highest BCUT2D eigenvalue weighted by Crippen LogP contribution is 2.24. The smallest absolute Gasteiger partial charge is 0.177 e. The summed E-state index contributed by atoms with van der Waals surface area (Å²) in [6, 6.07) is 12.8. The first-order chi connectivity index (χ1) is 9.91. The van der Waals surface area contributed by atoms with Crippen LogP contribution in [-0.2, 0) is 16.4 Å². The van der Waals surface area contributed by atoms with Crippen molar-refractivity contribution in [3.05, 3.63) is 53.6 Å². The highest BCUT2D eigenvalue weighted by Gasteiger charge is 2.12. The summed E-state index contributed by atoms with van der Waals surface area (Å²) in [4.78, 5) is 0.302. The van der Waals surface area contributed by atoms with Crippen molar-refractivity contribution in [2.24, 2.45) is 0 Å². The zero-order valence-electron chi connectivity index (χ0n) is 12.4. The molecular weight excluding hydrogens is 286 g/mol. The van der Waals surface area contributed by atoms with Crippen molar-refractivity contribution in [2.75, 3.05) is 18.7 Å². The molecule has 0 atom stereocenters. The Morgan fingerprint density at radius 2 is 1.86 bits per heavy atom. The fourth-order valence-electron chi connectivity index (χ4n) is 2.17. The number of nitrogens with one attached hydrogen (secondary N) is 1. The average molecular weight is 305 g/mol. The molecule has 112 valence electrons. The van der Waals surface area contributed by atoms with Crippen molar-refractivity contribution in [1.29, 1.82) is 0 Å². The number of benzene rings is 2. The Labute approximate surface area is 125 Å². The molecule has 0 aliphatic rings. The maximum atomic E-state index is 11.8. The molecule has 0 bridgehead atoms. The van der Waals surface area contributed by atoms with Gasteiger partial charge in [-0.1, -0.05) is 29.8 Å². The molecule has 0 heterocycles. The molecule has 0 aromatic heterocycles. The van der Waals surface area contributed by atoms with Gasteiger partial charge < -0.3 is 10.1 Å². The molecular formula is C16H19NO3S. The van der Waals surface area contributed by atoms with E-state index in [1.807, 2.05) is 31.2 Å². The first-order valence-corrected chi connectivity index (χ1v) is 8.47. The van der Waals surface area contributed by atoms with Gasteiger partial charge in [-0.2, -0.15) is 0 Å². The monoisotopic (exact) mass is 305 g/mol. The van der Waals surface area contributed by atoms with Crippen LogP contribution in [-0.4, -0.2) is 21.8 Å². The van der Waals surface area contributed by atoms with E-state index in [4.69, 9.17) is 4.74 Å². The normalized spacial score (nSPS) is 11.2. The van der Waals surface area contributed by atoms with Crippen molar-refractivity contribution in [2.45, 2.75) is 18.4 Å². The molecule has 0 fully saturated rings. The van der Waals surface area contributed by atoms with Crippen LogP contribution in [0, 0.1) is 6.92 Å². The molecule has 2 aromatic rings. The number of hydrogen-bond donors (Lipinski definition) is 1. The van der Waals surface area contributed by atoms with Crippen molar-refractivity contribution >= 4 is 15.5 Å². The standard InChI is InChI=1S/C16H19NO3S/c1-12-8-9-15(20-2)13(10-12)11-17-14-6-4-5-7-16(14)21(3,18)19/h4-10,17H,11H2,1-3H3. The van der Waals surface area contributed by atoms with Gasteiger partial charge in [0.25, 0.3) is 0 Å². The summed E-state index contributed by atoms with van der Waals surface area (Å²) in [7, 11) is -1.63. The van der Waals surface area contributed by atoms with E-state index in [-0.39, 0.29) is 0 Å². The summed E-state index contributed by atoms with van der Waals surface area (Å²) in [5.74, 6) is 0.782. The lowest BCUT2D eigenvalue weighted by molar-refractivity contribution is 0.410. The van der Waals surface area contributed by atoms with E-state index in [2.05, 4.69) is 5.32 Å². The number of hydrogen-bond acceptors (Lipinski definition) is 4. The largest absolute Gasteiger partial charge is 0.496 e. The second-order valence-electron chi connectivity index (χ2n) is 4.94. The molecule has 2 rings (SSSR count). The van der Waals surface area contributed by atoms with E-state index < -0.39 is 9.84 Å². The first kappa shape index (κ1) is 15.4. The molecule has 0 saturated heterocycles. The van der Waals surface area contributed by atoms with Gasteiger partial charge in [0.15, 0.2) is 9.84 Å². The van der Waals surface area contributed by atoms with E-state index in [9.17, 15) is 8.42 Å². The summed E-state index contributed by atoms with van der Waals surface area (Å²) in [6.07, 6.45) is 1.21. The minimum absolute atomic E-state index is 0.302. The number of rotatable bonds is 5. The van der Waals surface area contributed by atoms with Gasteiger partial charge in [0, 0.05) is 18.4 Å². The van der Waals surface area contributed by atoms with Gasteiger partial charge in [-0.05, 0) is 25.1 Å². The van der Waals surface area contributed by atoms with Crippen LogP contribution in [0.2, 0.25) is 0 Å². The molecule has 0 spiro atoms. The molecule has 0 unspecified atom stereocenters. The van der Waals surface area contributed by atoms with E-state index in [1.54, 1.807) is 25.3 Å². The summed E-state index contributed by atoms with van der Waals surface area (Å²) in [6.45, 7) is 2.50. The number of aryl methyl sites for hydroxylation is 1. The molecule has 1 N–H and O–H groups in total. The molecule has 5 heteroatoms. The SMILES string of the molecule is COc1ccc(C)cc1CNc1ccccc1S(C)(=O)=O. The maximum absolute atomic E-state index is 11.8. The Bertz CT molecular complexity index is 739. The van der Waals surface area contributed by atoms with Gasteiger partial charge in [0.2, 0.25) is 0 Å². The van der Waals surface area contributed by atoms with Gasteiger partial charge in [0.1, 0.15) is 5.75 Å². The second-order valence-corrected chi connectivity index (χ2v) is 6.92.